The van der Waals surface area contributed by atoms with Crippen LogP contribution in [0.1, 0.15) is 289 Å². The van der Waals surface area contributed by atoms with Crippen LogP contribution in [-0.2, 0) is 5.41 Å². The molecule has 4 aromatic carbocycles. The summed E-state index contributed by atoms with van der Waals surface area (Å²) in [4.78, 5) is 0. The molecule has 68 heavy (non-hydrogen) atoms. The van der Waals surface area contributed by atoms with Gasteiger partial charge in [-0.2, -0.15) is 0 Å². The molecule has 4 N–H and O–H groups in total. The molecule has 376 valence electrons. The Hall–Kier alpha value is -3.52. The zero-order chi connectivity index (χ0) is 48.2. The van der Waals surface area contributed by atoms with Crippen LogP contribution in [0.4, 0.5) is 11.4 Å². The predicted octanol–water partition coefficient (Wildman–Crippen LogP) is 20.6. The SMILES string of the molecule is CCCCCCCCCCCC(c1ccc(C2(c3ccc(C(CCCCCCCCCCC)c4ccc(N)cc4C)cc3)CCC(CCCCCCCCCC)CC2)cc1)c1ccc(N)cc1C. The van der Waals surface area contributed by atoms with Gasteiger partial charge >= 0.3 is 0 Å². The molecule has 2 nitrogen and oxygen atoms in total. The third-order valence-electron chi connectivity index (χ3n) is 16.7. The van der Waals surface area contributed by atoms with E-state index >= 15 is 0 Å². The molecule has 0 saturated heterocycles. The Labute approximate surface area is 420 Å². The predicted molar refractivity (Wildman–Crippen MR) is 301 cm³/mol. The van der Waals surface area contributed by atoms with Crippen molar-refractivity contribution in [2.45, 2.75) is 264 Å². The average molecular weight is 924 g/mol. The van der Waals surface area contributed by atoms with Crippen molar-refractivity contribution >= 4 is 11.4 Å². The van der Waals surface area contributed by atoms with Crippen LogP contribution in [0.15, 0.2) is 84.9 Å². The second-order valence-electron chi connectivity index (χ2n) is 22.1. The van der Waals surface area contributed by atoms with Crippen LogP contribution in [-0.4, -0.2) is 0 Å². The fourth-order valence-electron chi connectivity index (χ4n) is 12.3. The molecule has 0 amide bonds. The van der Waals surface area contributed by atoms with Gasteiger partial charge in [-0.05, 0) is 127 Å². The van der Waals surface area contributed by atoms with Crippen molar-refractivity contribution in [2.24, 2.45) is 5.92 Å². The monoisotopic (exact) mass is 923 g/mol. The van der Waals surface area contributed by atoms with Crippen molar-refractivity contribution in [1.29, 1.82) is 0 Å². The number of hydrogen-bond donors (Lipinski definition) is 2. The molecule has 0 heterocycles. The molecule has 2 heteroatoms. The molecule has 5 rings (SSSR count). The number of benzene rings is 4. The van der Waals surface area contributed by atoms with E-state index in [1.807, 2.05) is 0 Å². The molecule has 0 radical (unpaired) electrons. The van der Waals surface area contributed by atoms with Gasteiger partial charge in [-0.15, -0.1) is 0 Å². The van der Waals surface area contributed by atoms with Crippen molar-refractivity contribution < 1.29 is 0 Å². The quantitative estimate of drug-likeness (QED) is 0.0357. The number of nitrogen functional groups attached to an aromatic ring is 2. The minimum absolute atomic E-state index is 0.0420. The molecule has 4 aromatic rings. The van der Waals surface area contributed by atoms with E-state index in [4.69, 9.17) is 11.5 Å². The zero-order valence-corrected chi connectivity index (χ0v) is 44.8. The van der Waals surface area contributed by atoms with Gasteiger partial charge in [0.2, 0.25) is 0 Å². The van der Waals surface area contributed by atoms with Gasteiger partial charge in [0, 0.05) is 28.6 Å². The highest BCUT2D eigenvalue weighted by Crippen LogP contribution is 2.49. The first-order valence-corrected chi connectivity index (χ1v) is 29.2. The molecule has 2 unspecified atom stereocenters. The average Bonchev–Trinajstić information content (AvgIpc) is 3.35. The summed E-state index contributed by atoms with van der Waals surface area (Å²) in [5, 5.41) is 0. The molecule has 0 spiro atoms. The second-order valence-corrected chi connectivity index (χ2v) is 22.1. The lowest BCUT2D eigenvalue weighted by Gasteiger charge is -2.42. The van der Waals surface area contributed by atoms with Gasteiger partial charge < -0.3 is 11.5 Å². The summed E-state index contributed by atoms with van der Waals surface area (Å²) in [5.41, 5.74) is 26.0. The van der Waals surface area contributed by atoms with Gasteiger partial charge in [0.1, 0.15) is 0 Å². The van der Waals surface area contributed by atoms with Crippen molar-refractivity contribution in [3.05, 3.63) is 129 Å². The Kier molecular flexibility index (Phi) is 25.8. The Morgan fingerprint density at radius 3 is 1.07 bits per heavy atom. The van der Waals surface area contributed by atoms with Gasteiger partial charge in [-0.25, -0.2) is 0 Å². The fourth-order valence-corrected chi connectivity index (χ4v) is 12.3. The molecule has 1 aliphatic rings. The van der Waals surface area contributed by atoms with Crippen molar-refractivity contribution in [2.75, 3.05) is 11.5 Å². The summed E-state index contributed by atoms with van der Waals surface area (Å²) in [6, 6.07) is 33.6. The summed E-state index contributed by atoms with van der Waals surface area (Å²) in [7, 11) is 0. The second kappa shape index (κ2) is 31.7. The number of anilines is 2. The Balaban J connectivity index is 1.36. The molecule has 2 atom stereocenters. The minimum Gasteiger partial charge on any atom is -0.399 e. The van der Waals surface area contributed by atoms with E-state index in [2.05, 4.69) is 120 Å². The van der Waals surface area contributed by atoms with E-state index in [0.717, 1.165) is 17.3 Å². The van der Waals surface area contributed by atoms with Crippen molar-refractivity contribution in [1.82, 2.24) is 0 Å². The van der Waals surface area contributed by atoms with E-state index in [1.165, 1.54) is 256 Å². The first kappa shape index (κ1) is 55.4. The van der Waals surface area contributed by atoms with Gasteiger partial charge in [0.25, 0.3) is 0 Å². The molecule has 0 aromatic heterocycles. The lowest BCUT2D eigenvalue weighted by Crippen LogP contribution is -2.33. The summed E-state index contributed by atoms with van der Waals surface area (Å²) in [5.74, 6) is 1.64. The third-order valence-corrected chi connectivity index (χ3v) is 16.7. The standard InChI is InChI=1S/C66H102N2/c1-6-9-12-15-18-21-24-27-30-33-64(62-45-43-60(67)51-53(62)4)56-35-39-58(40-36-56)66(49-47-55(48-50-66)32-29-26-23-20-17-14-11-8-3)59-41-37-57(38-42-59)65(63-46-44-61(68)52-54(63)5)34-31-28-25-22-19-16-13-10-7-2/h35-46,51-52,55,64-65H,6-34,47-50,67-68H2,1-5H3. The molecule has 1 aliphatic carbocycles. The van der Waals surface area contributed by atoms with Gasteiger partial charge in [0.15, 0.2) is 0 Å². The van der Waals surface area contributed by atoms with E-state index in [9.17, 15) is 0 Å². The highest BCUT2D eigenvalue weighted by molar-refractivity contribution is 5.51. The molecule has 0 bridgehead atoms. The number of hydrogen-bond acceptors (Lipinski definition) is 2. The van der Waals surface area contributed by atoms with Crippen LogP contribution in [0.5, 0.6) is 0 Å². The molecule has 1 saturated carbocycles. The Morgan fingerprint density at radius 1 is 0.412 bits per heavy atom. The first-order chi connectivity index (χ1) is 33.3. The molecule has 0 aliphatic heterocycles. The fraction of sp³-hybridized carbons (Fsp3) is 0.636. The van der Waals surface area contributed by atoms with Crippen molar-refractivity contribution in [3.63, 3.8) is 0 Å². The summed E-state index contributed by atoms with van der Waals surface area (Å²) >= 11 is 0. The smallest absolute Gasteiger partial charge is 0.0316 e. The third kappa shape index (κ3) is 18.0. The molecular weight excluding hydrogens is 821 g/mol. The highest BCUT2D eigenvalue weighted by atomic mass is 14.5. The van der Waals surface area contributed by atoms with Crippen LogP contribution >= 0.6 is 0 Å². The normalized spacial score (nSPS) is 17.1. The number of nitrogens with two attached hydrogens (primary N) is 2. The number of aryl methyl sites for hydroxylation is 2. The largest absolute Gasteiger partial charge is 0.399 e. The summed E-state index contributed by atoms with van der Waals surface area (Å²) in [6.07, 6.45) is 44.7. The van der Waals surface area contributed by atoms with E-state index in [1.54, 1.807) is 0 Å². The maximum atomic E-state index is 6.32. The topological polar surface area (TPSA) is 52.0 Å². The lowest BCUT2D eigenvalue weighted by molar-refractivity contribution is 0.250. The van der Waals surface area contributed by atoms with Crippen LogP contribution in [0, 0.1) is 19.8 Å². The zero-order valence-electron chi connectivity index (χ0n) is 44.8. The summed E-state index contributed by atoms with van der Waals surface area (Å²) in [6.45, 7) is 11.5. The maximum absolute atomic E-state index is 6.32. The van der Waals surface area contributed by atoms with E-state index in [-0.39, 0.29) is 5.41 Å². The van der Waals surface area contributed by atoms with Gasteiger partial charge in [0.05, 0.1) is 0 Å². The maximum Gasteiger partial charge on any atom is 0.0316 e. The van der Waals surface area contributed by atoms with E-state index < -0.39 is 0 Å². The number of unbranched alkanes of at least 4 members (excludes halogenated alkanes) is 23. The molecular formula is C66H102N2. The molecule has 1 fully saturated rings. The van der Waals surface area contributed by atoms with Crippen LogP contribution in [0.25, 0.3) is 0 Å². The summed E-state index contributed by atoms with van der Waals surface area (Å²) < 4.78 is 0. The van der Waals surface area contributed by atoms with Crippen LogP contribution in [0.2, 0.25) is 0 Å². The highest BCUT2D eigenvalue weighted by Gasteiger charge is 2.38. The van der Waals surface area contributed by atoms with Gasteiger partial charge in [-0.1, -0.05) is 255 Å². The Bertz CT molecular complexity index is 1790. The number of rotatable bonds is 35. The van der Waals surface area contributed by atoms with Crippen LogP contribution < -0.4 is 11.5 Å². The van der Waals surface area contributed by atoms with Crippen LogP contribution in [0.3, 0.4) is 0 Å². The lowest BCUT2D eigenvalue weighted by atomic mass is 9.62. The van der Waals surface area contributed by atoms with Crippen molar-refractivity contribution in [3.8, 4) is 0 Å². The Morgan fingerprint density at radius 2 is 0.735 bits per heavy atom. The van der Waals surface area contributed by atoms with Gasteiger partial charge in [-0.3, -0.25) is 0 Å². The minimum atomic E-state index is 0.0420. The van der Waals surface area contributed by atoms with E-state index in [0.29, 0.717) is 11.8 Å². The first-order valence-electron chi connectivity index (χ1n) is 29.2.